The van der Waals surface area contributed by atoms with Crippen LogP contribution in [0.5, 0.6) is 0 Å². The molecule has 0 aliphatic carbocycles. The number of hydrogen-bond donors (Lipinski definition) is 0. The minimum Gasteiger partial charge on any atom is -0.365 e. The van der Waals surface area contributed by atoms with Crippen LogP contribution in [0, 0.1) is 0 Å². The normalized spacial score (nSPS) is 18.9. The van der Waals surface area contributed by atoms with Crippen LogP contribution in [-0.2, 0) is 6.18 Å². The molecule has 1 heterocycles. The first-order valence-corrected chi connectivity index (χ1v) is 6.19. The molecule has 0 N–H and O–H groups in total. The number of piperidine rings is 1. The average Bonchev–Trinajstić information content (AvgIpc) is 2.35. The zero-order valence-electron chi connectivity index (χ0n) is 10.7. The van der Waals surface area contributed by atoms with Crippen LogP contribution in [0.4, 0.5) is 27.6 Å². The van der Waals surface area contributed by atoms with Gasteiger partial charge in [-0.05, 0) is 30.2 Å². The minimum absolute atomic E-state index is 0.187. The molecule has 1 fully saturated rings. The summed E-state index contributed by atoms with van der Waals surface area (Å²) in [6, 6.07) is 3.09. The Morgan fingerprint density at radius 3 is 2.50 bits per heavy atom. The zero-order valence-corrected chi connectivity index (χ0v) is 10.7. The van der Waals surface area contributed by atoms with Gasteiger partial charge in [0.1, 0.15) is 0 Å². The van der Waals surface area contributed by atoms with Crippen molar-refractivity contribution in [3.63, 3.8) is 0 Å². The van der Waals surface area contributed by atoms with Crippen LogP contribution in [0.1, 0.15) is 24.0 Å². The van der Waals surface area contributed by atoms with Crippen LogP contribution >= 0.6 is 0 Å². The molecule has 1 nitrogen and oxygen atoms in total. The van der Waals surface area contributed by atoms with Crippen LogP contribution in [0.15, 0.2) is 24.8 Å². The molecule has 1 aromatic rings. The molecule has 0 atom stereocenters. The largest absolute Gasteiger partial charge is 0.416 e. The maximum Gasteiger partial charge on any atom is 0.416 e. The number of halogens is 5. The van der Waals surface area contributed by atoms with Crippen LogP contribution in [0.3, 0.4) is 0 Å². The maximum atomic E-state index is 13.4. The van der Waals surface area contributed by atoms with Crippen molar-refractivity contribution in [2.24, 2.45) is 0 Å². The highest BCUT2D eigenvalue weighted by Gasteiger charge is 2.36. The summed E-state index contributed by atoms with van der Waals surface area (Å²) in [6.45, 7) is 3.40. The maximum absolute atomic E-state index is 13.4. The van der Waals surface area contributed by atoms with Gasteiger partial charge in [-0.25, -0.2) is 8.78 Å². The topological polar surface area (TPSA) is 3.24 Å². The molecule has 6 heteroatoms. The molecule has 0 unspecified atom stereocenters. The summed E-state index contributed by atoms with van der Waals surface area (Å²) >= 11 is 0. The van der Waals surface area contributed by atoms with E-state index in [4.69, 9.17) is 0 Å². The number of alkyl halides is 5. The van der Waals surface area contributed by atoms with E-state index >= 15 is 0 Å². The fourth-order valence-electron chi connectivity index (χ4n) is 2.35. The van der Waals surface area contributed by atoms with Crippen molar-refractivity contribution < 1.29 is 22.0 Å². The SMILES string of the molecule is C=Cc1cc(C(F)(F)F)ccc1N1CCCC(F)(F)C1. The first-order chi connectivity index (χ1) is 9.23. The van der Waals surface area contributed by atoms with E-state index in [1.807, 2.05) is 0 Å². The van der Waals surface area contributed by atoms with Crippen LogP contribution in [0.25, 0.3) is 6.08 Å². The van der Waals surface area contributed by atoms with Gasteiger partial charge in [-0.1, -0.05) is 12.7 Å². The molecule has 0 saturated carbocycles. The predicted molar refractivity (Wildman–Crippen MR) is 67.9 cm³/mol. The highest BCUT2D eigenvalue weighted by atomic mass is 19.4. The van der Waals surface area contributed by atoms with E-state index in [1.165, 1.54) is 17.0 Å². The van der Waals surface area contributed by atoms with E-state index in [0.717, 1.165) is 12.1 Å². The highest BCUT2D eigenvalue weighted by molar-refractivity contribution is 5.68. The average molecular weight is 291 g/mol. The fraction of sp³-hybridized carbons (Fsp3) is 0.429. The standard InChI is InChI=1S/C14H14F5N/c1-2-10-8-11(14(17,18)19)4-5-12(10)20-7-3-6-13(15,16)9-20/h2,4-5,8H,1,3,6-7,9H2. The first-order valence-electron chi connectivity index (χ1n) is 6.19. The Morgan fingerprint density at radius 1 is 1.25 bits per heavy atom. The molecule has 110 valence electrons. The van der Waals surface area contributed by atoms with Gasteiger partial charge >= 0.3 is 6.18 Å². The third-order valence-corrected chi connectivity index (χ3v) is 3.31. The van der Waals surface area contributed by atoms with Crippen molar-refractivity contribution in [3.05, 3.63) is 35.9 Å². The van der Waals surface area contributed by atoms with Crippen molar-refractivity contribution in [1.82, 2.24) is 0 Å². The van der Waals surface area contributed by atoms with Crippen molar-refractivity contribution in [2.45, 2.75) is 24.9 Å². The van der Waals surface area contributed by atoms with Crippen LogP contribution in [0.2, 0.25) is 0 Å². The molecule has 2 rings (SSSR count). The lowest BCUT2D eigenvalue weighted by molar-refractivity contribution is -0.137. The minimum atomic E-state index is -4.46. The Hall–Kier alpha value is -1.59. The third-order valence-electron chi connectivity index (χ3n) is 3.31. The van der Waals surface area contributed by atoms with E-state index in [2.05, 4.69) is 6.58 Å². The number of benzene rings is 1. The molecular weight excluding hydrogens is 277 g/mol. The number of hydrogen-bond acceptors (Lipinski definition) is 1. The van der Waals surface area contributed by atoms with E-state index < -0.39 is 24.2 Å². The summed E-state index contributed by atoms with van der Waals surface area (Å²) in [5, 5.41) is 0. The second-order valence-electron chi connectivity index (χ2n) is 4.86. The second-order valence-corrected chi connectivity index (χ2v) is 4.86. The fourth-order valence-corrected chi connectivity index (χ4v) is 2.35. The molecule has 1 aromatic carbocycles. The van der Waals surface area contributed by atoms with Crippen molar-refractivity contribution in [2.75, 3.05) is 18.0 Å². The van der Waals surface area contributed by atoms with Gasteiger partial charge in [-0.2, -0.15) is 13.2 Å². The smallest absolute Gasteiger partial charge is 0.365 e. The van der Waals surface area contributed by atoms with Gasteiger partial charge in [0.05, 0.1) is 12.1 Å². The Balaban J connectivity index is 2.35. The summed E-state index contributed by atoms with van der Waals surface area (Å²) in [5.74, 6) is -2.81. The monoisotopic (exact) mass is 291 g/mol. The van der Waals surface area contributed by atoms with Gasteiger partial charge in [-0.3, -0.25) is 0 Å². The summed E-state index contributed by atoms with van der Waals surface area (Å²) in [4.78, 5) is 1.42. The molecule has 1 saturated heterocycles. The molecule has 0 radical (unpaired) electrons. The van der Waals surface area contributed by atoms with Crippen LogP contribution in [-0.4, -0.2) is 19.0 Å². The highest BCUT2D eigenvalue weighted by Crippen LogP contribution is 2.36. The Morgan fingerprint density at radius 2 is 1.95 bits per heavy atom. The third kappa shape index (κ3) is 3.11. The Labute approximate surface area is 113 Å². The van der Waals surface area contributed by atoms with Gasteiger partial charge in [0, 0.05) is 18.7 Å². The van der Waals surface area contributed by atoms with E-state index in [1.54, 1.807) is 0 Å². The molecule has 0 aromatic heterocycles. The lowest BCUT2D eigenvalue weighted by Gasteiger charge is -2.35. The Kier molecular flexibility index (Phi) is 3.75. The lowest BCUT2D eigenvalue weighted by atomic mass is 10.0. The first kappa shape index (κ1) is 14.8. The Bertz CT molecular complexity index is 507. The summed E-state index contributed by atoms with van der Waals surface area (Å²) in [6.07, 6.45) is -3.07. The molecule has 0 amide bonds. The van der Waals surface area contributed by atoms with E-state index in [9.17, 15) is 22.0 Å². The summed E-state index contributed by atoms with van der Waals surface area (Å²) in [7, 11) is 0. The van der Waals surface area contributed by atoms with Crippen molar-refractivity contribution in [1.29, 1.82) is 0 Å². The van der Waals surface area contributed by atoms with Gasteiger partial charge in [0.2, 0.25) is 0 Å². The quantitative estimate of drug-likeness (QED) is 0.721. The van der Waals surface area contributed by atoms with Gasteiger partial charge in [0.25, 0.3) is 5.92 Å². The second kappa shape index (κ2) is 5.07. The molecule has 20 heavy (non-hydrogen) atoms. The van der Waals surface area contributed by atoms with Crippen molar-refractivity contribution >= 4 is 11.8 Å². The van der Waals surface area contributed by atoms with Gasteiger partial charge in [0.15, 0.2) is 0 Å². The van der Waals surface area contributed by atoms with Gasteiger partial charge in [-0.15, -0.1) is 0 Å². The van der Waals surface area contributed by atoms with Crippen molar-refractivity contribution in [3.8, 4) is 0 Å². The number of rotatable bonds is 2. The predicted octanol–water partition coefficient (Wildman–Crippen LogP) is 4.58. The zero-order chi connectivity index (χ0) is 15.0. The van der Waals surface area contributed by atoms with Gasteiger partial charge < -0.3 is 4.90 Å². The lowest BCUT2D eigenvalue weighted by Crippen LogP contribution is -2.42. The van der Waals surface area contributed by atoms with Crippen LogP contribution < -0.4 is 4.90 Å². The number of nitrogens with zero attached hydrogens (tertiary/aromatic N) is 1. The molecule has 0 bridgehead atoms. The molecule has 1 aliphatic heterocycles. The van der Waals surface area contributed by atoms with E-state index in [0.29, 0.717) is 18.7 Å². The number of anilines is 1. The molecular formula is C14H14F5N. The molecule has 0 spiro atoms. The van der Waals surface area contributed by atoms with E-state index in [-0.39, 0.29) is 12.0 Å². The summed E-state index contributed by atoms with van der Waals surface area (Å²) in [5.41, 5.74) is -0.218. The molecule has 1 aliphatic rings. The summed E-state index contributed by atoms with van der Waals surface area (Å²) < 4.78 is 64.7.